The molecule has 0 aromatic heterocycles. The van der Waals surface area contributed by atoms with Crippen molar-refractivity contribution in [3.05, 3.63) is 54.6 Å². The first-order valence-electron chi connectivity index (χ1n) is 10.6. The van der Waals surface area contributed by atoms with Gasteiger partial charge in [-0.15, -0.1) is 5.11 Å². The van der Waals surface area contributed by atoms with Crippen LogP contribution in [0.1, 0.15) is 0 Å². The van der Waals surface area contributed by atoms with Gasteiger partial charge in [0.1, 0.15) is 19.0 Å². The van der Waals surface area contributed by atoms with Gasteiger partial charge in [-0.3, -0.25) is 0 Å². The molecule has 3 aromatic carbocycles. The quantitative estimate of drug-likeness (QED) is 0.579. The minimum atomic E-state index is 0.213. The second-order valence-electron chi connectivity index (χ2n) is 7.01. The Labute approximate surface area is 186 Å². The molecule has 0 amide bonds. The van der Waals surface area contributed by atoms with E-state index in [-0.39, 0.29) is 5.75 Å². The van der Waals surface area contributed by atoms with Gasteiger partial charge in [-0.2, -0.15) is 5.11 Å². The highest BCUT2D eigenvalue weighted by Crippen LogP contribution is 2.35. The fourth-order valence-corrected chi connectivity index (χ4v) is 3.22. The summed E-state index contributed by atoms with van der Waals surface area (Å²) in [5, 5.41) is 20.4. The molecule has 1 aliphatic rings. The average molecular weight is 438 g/mol. The van der Waals surface area contributed by atoms with Crippen molar-refractivity contribution in [2.24, 2.45) is 10.2 Å². The van der Waals surface area contributed by atoms with Crippen LogP contribution in [0, 0.1) is 0 Å². The number of hydrogen-bond donors (Lipinski definition) is 1. The van der Waals surface area contributed by atoms with E-state index in [1.807, 2.05) is 30.3 Å². The van der Waals surface area contributed by atoms with Gasteiger partial charge < -0.3 is 28.8 Å². The molecule has 0 saturated heterocycles. The number of fused-ring (bicyclic) bond motifs is 2. The number of hydrogen-bond acceptors (Lipinski definition) is 8. The predicted octanol–water partition coefficient (Wildman–Crippen LogP) is 4.78. The Balaban J connectivity index is 1.52. The van der Waals surface area contributed by atoms with Gasteiger partial charge in [0.15, 0.2) is 11.5 Å². The third kappa shape index (κ3) is 5.94. The number of aromatic hydroxyl groups is 1. The van der Waals surface area contributed by atoms with Gasteiger partial charge in [0.25, 0.3) is 0 Å². The maximum atomic E-state index is 10.1. The number of phenolic OH excluding ortho intramolecular Hbond substituents is 1. The summed E-state index contributed by atoms with van der Waals surface area (Å²) in [6.45, 7) is 3.72. The molecule has 32 heavy (non-hydrogen) atoms. The summed E-state index contributed by atoms with van der Waals surface area (Å²) in [4.78, 5) is 0. The molecule has 0 spiro atoms. The van der Waals surface area contributed by atoms with E-state index in [2.05, 4.69) is 10.2 Å². The highest BCUT2D eigenvalue weighted by molar-refractivity contribution is 5.96. The molecule has 3 aromatic rings. The van der Waals surface area contributed by atoms with E-state index in [1.54, 1.807) is 24.3 Å². The summed E-state index contributed by atoms with van der Waals surface area (Å²) in [6.07, 6.45) is 0. The van der Waals surface area contributed by atoms with Crippen molar-refractivity contribution < 1.29 is 28.8 Å². The van der Waals surface area contributed by atoms with Crippen molar-refractivity contribution in [1.82, 2.24) is 0 Å². The number of ether oxygens (including phenoxy) is 5. The van der Waals surface area contributed by atoms with E-state index in [0.29, 0.717) is 75.7 Å². The predicted molar refractivity (Wildman–Crippen MR) is 120 cm³/mol. The zero-order chi connectivity index (χ0) is 22.0. The van der Waals surface area contributed by atoms with Crippen LogP contribution >= 0.6 is 0 Å². The SMILES string of the molecule is Oc1ccc(N=Nc2ccc3c(c2)OCCOCCOCCOCCO3)c2ccccc12. The summed E-state index contributed by atoms with van der Waals surface area (Å²) >= 11 is 0. The largest absolute Gasteiger partial charge is 0.507 e. The number of azo groups is 1. The Morgan fingerprint density at radius 3 is 1.94 bits per heavy atom. The molecule has 0 saturated carbocycles. The van der Waals surface area contributed by atoms with Gasteiger partial charge in [-0.05, 0) is 24.3 Å². The Bertz CT molecular complexity index is 1060. The van der Waals surface area contributed by atoms with Crippen LogP contribution in [-0.2, 0) is 14.2 Å². The third-order valence-corrected chi connectivity index (χ3v) is 4.79. The van der Waals surface area contributed by atoms with Gasteiger partial charge in [0.2, 0.25) is 0 Å². The van der Waals surface area contributed by atoms with Gasteiger partial charge in [-0.1, -0.05) is 24.3 Å². The minimum Gasteiger partial charge on any atom is -0.507 e. The van der Waals surface area contributed by atoms with Gasteiger partial charge in [0.05, 0.1) is 51.0 Å². The fourth-order valence-electron chi connectivity index (χ4n) is 3.22. The van der Waals surface area contributed by atoms with Crippen LogP contribution in [0.25, 0.3) is 10.8 Å². The average Bonchev–Trinajstić information content (AvgIpc) is 2.83. The van der Waals surface area contributed by atoms with Gasteiger partial charge in [0, 0.05) is 16.8 Å². The lowest BCUT2D eigenvalue weighted by Gasteiger charge is -2.13. The van der Waals surface area contributed by atoms with Crippen LogP contribution < -0.4 is 9.47 Å². The van der Waals surface area contributed by atoms with Crippen LogP contribution in [0.2, 0.25) is 0 Å². The Hall–Kier alpha value is -3.20. The van der Waals surface area contributed by atoms with Gasteiger partial charge >= 0.3 is 0 Å². The van der Waals surface area contributed by atoms with Crippen LogP contribution in [0.15, 0.2) is 64.8 Å². The van der Waals surface area contributed by atoms with Crippen molar-refractivity contribution in [1.29, 1.82) is 0 Å². The van der Waals surface area contributed by atoms with Crippen LogP contribution in [0.4, 0.5) is 11.4 Å². The molecule has 8 heteroatoms. The van der Waals surface area contributed by atoms with Crippen LogP contribution in [-0.4, -0.2) is 58.0 Å². The first-order chi connectivity index (χ1) is 15.8. The highest BCUT2D eigenvalue weighted by atomic mass is 16.6. The molecular formula is C24H26N2O6. The van der Waals surface area contributed by atoms with E-state index in [1.165, 1.54) is 0 Å². The van der Waals surface area contributed by atoms with E-state index < -0.39 is 0 Å². The normalized spacial score (nSPS) is 16.5. The Morgan fingerprint density at radius 1 is 0.594 bits per heavy atom. The lowest BCUT2D eigenvalue weighted by atomic mass is 10.1. The Kier molecular flexibility index (Phi) is 7.86. The summed E-state index contributed by atoms with van der Waals surface area (Å²) in [7, 11) is 0. The number of benzene rings is 3. The minimum absolute atomic E-state index is 0.213. The highest BCUT2D eigenvalue weighted by Gasteiger charge is 2.09. The number of rotatable bonds is 2. The monoisotopic (exact) mass is 438 g/mol. The molecule has 1 heterocycles. The molecule has 168 valence electrons. The van der Waals surface area contributed by atoms with Crippen molar-refractivity contribution in [2.45, 2.75) is 0 Å². The summed E-state index contributed by atoms with van der Waals surface area (Å²) in [5.41, 5.74) is 1.28. The second kappa shape index (κ2) is 11.4. The Morgan fingerprint density at radius 2 is 1.22 bits per heavy atom. The summed E-state index contributed by atoms with van der Waals surface area (Å²) in [6, 6.07) is 16.3. The first kappa shape index (κ1) is 22.0. The maximum absolute atomic E-state index is 10.1. The molecule has 1 N–H and O–H groups in total. The standard InChI is InChI=1S/C24H26N2O6/c27-22-7-6-21(19-3-1-2-4-20(19)22)26-25-18-5-8-23-24(17-18)32-16-14-30-12-10-28-9-11-29-13-15-31-23/h1-8,17,27H,9-16H2. The number of nitrogens with zero attached hydrogens (tertiary/aromatic N) is 2. The topological polar surface area (TPSA) is 91.1 Å². The summed E-state index contributed by atoms with van der Waals surface area (Å²) in [5.74, 6) is 1.38. The zero-order valence-electron chi connectivity index (χ0n) is 17.7. The van der Waals surface area contributed by atoms with Crippen LogP contribution in [0.3, 0.4) is 0 Å². The van der Waals surface area contributed by atoms with Gasteiger partial charge in [-0.25, -0.2) is 0 Å². The van der Waals surface area contributed by atoms with E-state index >= 15 is 0 Å². The lowest BCUT2D eigenvalue weighted by molar-refractivity contribution is 0.00708. The van der Waals surface area contributed by atoms with Crippen molar-refractivity contribution in [3.8, 4) is 17.2 Å². The molecule has 1 aliphatic heterocycles. The van der Waals surface area contributed by atoms with Crippen LogP contribution in [0.5, 0.6) is 17.2 Å². The smallest absolute Gasteiger partial charge is 0.163 e. The first-order valence-corrected chi connectivity index (χ1v) is 10.6. The van der Waals surface area contributed by atoms with Crippen molar-refractivity contribution >= 4 is 22.1 Å². The molecule has 4 rings (SSSR count). The molecular weight excluding hydrogens is 412 g/mol. The van der Waals surface area contributed by atoms with E-state index in [9.17, 15) is 5.11 Å². The third-order valence-electron chi connectivity index (χ3n) is 4.79. The summed E-state index contributed by atoms with van der Waals surface area (Å²) < 4.78 is 28.1. The molecule has 0 fully saturated rings. The van der Waals surface area contributed by atoms with E-state index in [0.717, 1.165) is 10.8 Å². The molecule has 0 atom stereocenters. The van der Waals surface area contributed by atoms with Crippen molar-refractivity contribution in [2.75, 3.05) is 52.9 Å². The maximum Gasteiger partial charge on any atom is 0.163 e. The molecule has 0 unspecified atom stereocenters. The molecule has 0 radical (unpaired) electrons. The van der Waals surface area contributed by atoms with E-state index in [4.69, 9.17) is 23.7 Å². The molecule has 0 aliphatic carbocycles. The second-order valence-corrected chi connectivity index (χ2v) is 7.01. The molecule has 8 nitrogen and oxygen atoms in total. The molecule has 0 bridgehead atoms. The zero-order valence-corrected chi connectivity index (χ0v) is 17.7. The fraction of sp³-hybridized carbons (Fsp3) is 0.333. The van der Waals surface area contributed by atoms with Crippen molar-refractivity contribution in [3.63, 3.8) is 0 Å². The number of phenols is 1. The lowest BCUT2D eigenvalue weighted by Crippen LogP contribution is -2.13.